The Hall–Kier alpha value is -2.01. The number of H-pyrrole nitrogens is 1. The van der Waals surface area contributed by atoms with E-state index in [4.69, 9.17) is 9.47 Å². The first-order valence-corrected chi connectivity index (χ1v) is 10.6. The maximum Gasteiger partial charge on any atom is 0.319 e. The molecule has 150 valence electrons. The Morgan fingerprint density at radius 1 is 1.36 bits per heavy atom. The van der Waals surface area contributed by atoms with Gasteiger partial charge in [-0.15, -0.1) is 0 Å². The predicted octanol–water partition coefficient (Wildman–Crippen LogP) is 3.57. The van der Waals surface area contributed by atoms with Crippen LogP contribution in [0.15, 0.2) is 12.1 Å². The van der Waals surface area contributed by atoms with Gasteiger partial charge in [-0.05, 0) is 61.3 Å². The number of piperidine rings is 2. The minimum atomic E-state index is -0.582. The number of rotatable bonds is 3. The van der Waals surface area contributed by atoms with Crippen LogP contribution in [-0.4, -0.2) is 49.2 Å². The molecular formula is C23H30N2O3. The maximum absolute atomic E-state index is 13.5. The molecular weight excluding hydrogens is 352 g/mol. The highest BCUT2D eigenvalue weighted by molar-refractivity contribution is 5.93. The van der Waals surface area contributed by atoms with E-state index in [1.54, 1.807) is 14.2 Å². The number of aromatic nitrogens is 1. The summed E-state index contributed by atoms with van der Waals surface area (Å²) in [5.74, 6) is 1.91. The first-order chi connectivity index (χ1) is 13.5. The Morgan fingerprint density at radius 2 is 2.18 bits per heavy atom. The van der Waals surface area contributed by atoms with Gasteiger partial charge in [0, 0.05) is 35.7 Å². The first kappa shape index (κ1) is 18.0. The molecule has 2 unspecified atom stereocenters. The molecule has 1 aliphatic carbocycles. The summed E-state index contributed by atoms with van der Waals surface area (Å²) >= 11 is 0. The molecule has 5 atom stereocenters. The Bertz CT molecular complexity index is 949. The molecule has 3 fully saturated rings. The molecule has 4 heterocycles. The summed E-state index contributed by atoms with van der Waals surface area (Å²) in [4.78, 5) is 19.8. The fourth-order valence-electron chi connectivity index (χ4n) is 6.68. The van der Waals surface area contributed by atoms with E-state index < -0.39 is 5.41 Å². The average Bonchev–Trinajstić information content (AvgIpc) is 3.06. The van der Waals surface area contributed by atoms with Crippen LogP contribution < -0.4 is 4.74 Å². The second-order valence-electron chi connectivity index (χ2n) is 8.97. The van der Waals surface area contributed by atoms with E-state index in [1.165, 1.54) is 17.4 Å². The molecule has 6 rings (SSSR count). The van der Waals surface area contributed by atoms with Crippen molar-refractivity contribution in [3.8, 4) is 5.75 Å². The van der Waals surface area contributed by atoms with Gasteiger partial charge in [0.1, 0.15) is 11.2 Å². The second kappa shape index (κ2) is 6.24. The number of hydrogen-bond donors (Lipinski definition) is 1. The van der Waals surface area contributed by atoms with E-state index in [1.807, 2.05) is 0 Å². The molecule has 1 N–H and O–H groups in total. The Kier molecular flexibility index (Phi) is 4.02. The van der Waals surface area contributed by atoms with Crippen LogP contribution in [0.1, 0.15) is 43.0 Å². The number of ether oxygens (including phenoxy) is 2. The number of aromatic amines is 1. The number of fused-ring (bicyclic) bond motifs is 4. The summed E-state index contributed by atoms with van der Waals surface area (Å²) < 4.78 is 11.0. The smallest absolute Gasteiger partial charge is 0.319 e. The third-order valence-electron chi connectivity index (χ3n) is 7.68. The minimum Gasteiger partial charge on any atom is -0.497 e. The number of hydrogen-bond acceptors (Lipinski definition) is 4. The van der Waals surface area contributed by atoms with E-state index in [2.05, 4.69) is 35.9 Å². The summed E-state index contributed by atoms with van der Waals surface area (Å²) in [7, 11) is 3.26. The second-order valence-corrected chi connectivity index (χ2v) is 8.97. The summed E-state index contributed by atoms with van der Waals surface area (Å²) in [6, 6.07) is 4.42. The maximum atomic E-state index is 13.5. The quantitative estimate of drug-likeness (QED) is 0.825. The zero-order chi connectivity index (χ0) is 19.6. The van der Waals surface area contributed by atoms with Crippen molar-refractivity contribution in [1.29, 1.82) is 0 Å². The van der Waals surface area contributed by atoms with Gasteiger partial charge in [-0.1, -0.05) is 13.3 Å². The molecule has 0 spiro atoms. The topological polar surface area (TPSA) is 54.6 Å². The number of carbonyl (C=O) groups excluding carboxylic acids is 1. The van der Waals surface area contributed by atoms with Crippen LogP contribution in [0.5, 0.6) is 5.75 Å². The number of benzene rings is 1. The van der Waals surface area contributed by atoms with Crippen molar-refractivity contribution in [3.63, 3.8) is 0 Å². The van der Waals surface area contributed by atoms with Gasteiger partial charge in [0.25, 0.3) is 0 Å². The van der Waals surface area contributed by atoms with Gasteiger partial charge in [0.15, 0.2) is 0 Å². The van der Waals surface area contributed by atoms with Crippen LogP contribution in [0.2, 0.25) is 0 Å². The molecule has 2 saturated heterocycles. The minimum absolute atomic E-state index is 0.0651. The molecule has 1 aromatic heterocycles. The van der Waals surface area contributed by atoms with E-state index in [9.17, 15) is 4.79 Å². The molecule has 2 aromatic rings. The molecule has 28 heavy (non-hydrogen) atoms. The monoisotopic (exact) mass is 382 g/mol. The normalized spacial score (nSPS) is 33.4. The lowest BCUT2D eigenvalue weighted by Crippen LogP contribution is -2.67. The lowest BCUT2D eigenvalue weighted by atomic mass is 9.56. The first-order valence-electron chi connectivity index (χ1n) is 10.6. The van der Waals surface area contributed by atoms with Gasteiger partial charge in [-0.3, -0.25) is 9.69 Å². The largest absolute Gasteiger partial charge is 0.497 e. The van der Waals surface area contributed by atoms with Crippen molar-refractivity contribution < 1.29 is 14.3 Å². The zero-order valence-corrected chi connectivity index (χ0v) is 17.3. The molecule has 5 heteroatoms. The zero-order valence-electron chi connectivity index (χ0n) is 17.3. The average molecular weight is 383 g/mol. The summed E-state index contributed by atoms with van der Waals surface area (Å²) in [5, 5.41) is 1.20. The molecule has 4 bridgehead atoms. The lowest BCUT2D eigenvalue weighted by Gasteiger charge is -2.57. The number of aryl methyl sites for hydroxylation is 1. The Morgan fingerprint density at radius 3 is 2.89 bits per heavy atom. The van der Waals surface area contributed by atoms with Gasteiger partial charge >= 0.3 is 5.97 Å². The third kappa shape index (κ3) is 2.20. The summed E-state index contributed by atoms with van der Waals surface area (Å²) in [6.45, 7) is 6.50. The molecule has 5 nitrogen and oxygen atoms in total. The van der Waals surface area contributed by atoms with Crippen LogP contribution in [0.4, 0.5) is 0 Å². The molecule has 3 aliphatic heterocycles. The fourth-order valence-corrected chi connectivity index (χ4v) is 6.68. The summed E-state index contributed by atoms with van der Waals surface area (Å²) in [5.41, 5.74) is 4.11. The number of nitrogens with zero attached hydrogens (tertiary/aromatic N) is 1. The SMILES string of the molecule is CC[C@H]1C[C@@H]2CN3CCc4c([nH]c5c(C)cc(OC)cc45)[C@](C(=O)OC)(C2)C13. The van der Waals surface area contributed by atoms with Crippen LogP contribution in [0.25, 0.3) is 10.9 Å². The van der Waals surface area contributed by atoms with Crippen molar-refractivity contribution in [3.05, 3.63) is 29.0 Å². The number of carbonyl (C=O) groups is 1. The van der Waals surface area contributed by atoms with Gasteiger partial charge in [-0.2, -0.15) is 0 Å². The molecule has 1 aromatic carbocycles. The highest BCUT2D eigenvalue weighted by atomic mass is 16.5. The van der Waals surface area contributed by atoms with Crippen molar-refractivity contribution in [2.45, 2.75) is 51.0 Å². The van der Waals surface area contributed by atoms with Gasteiger partial charge in [0.2, 0.25) is 0 Å². The fraction of sp³-hybridized carbons (Fsp3) is 0.609. The Labute approximate surface area is 166 Å². The van der Waals surface area contributed by atoms with Crippen molar-refractivity contribution in [1.82, 2.24) is 9.88 Å². The van der Waals surface area contributed by atoms with Crippen LogP contribution in [-0.2, 0) is 21.4 Å². The molecule has 1 saturated carbocycles. The Balaban J connectivity index is 1.81. The summed E-state index contributed by atoms with van der Waals surface area (Å²) in [6.07, 6.45) is 4.20. The van der Waals surface area contributed by atoms with Crippen molar-refractivity contribution in [2.24, 2.45) is 11.8 Å². The van der Waals surface area contributed by atoms with E-state index in [0.717, 1.165) is 54.9 Å². The highest BCUT2D eigenvalue weighted by Crippen LogP contribution is 2.55. The van der Waals surface area contributed by atoms with Crippen molar-refractivity contribution in [2.75, 3.05) is 27.3 Å². The van der Waals surface area contributed by atoms with Gasteiger partial charge in [0.05, 0.1) is 14.2 Å². The van der Waals surface area contributed by atoms with E-state index in [0.29, 0.717) is 11.8 Å². The van der Waals surface area contributed by atoms with Crippen LogP contribution >= 0.6 is 0 Å². The standard InChI is InChI=1S/C23H30N2O3/c1-5-15-9-14-11-23(22(26)28-4)20-17(6-7-25(12-14)21(15)23)18-10-16(27-3)8-13(2)19(18)24-20/h8,10,14-15,21,24H,5-7,9,11-12H2,1-4H3/t14-,15-,21?,23+/m0/s1. The number of methoxy groups -OCH3 is 2. The van der Waals surface area contributed by atoms with Crippen molar-refractivity contribution >= 4 is 16.9 Å². The number of nitrogens with one attached hydrogen (secondary N) is 1. The molecule has 0 radical (unpaired) electrons. The highest BCUT2D eigenvalue weighted by Gasteiger charge is 2.62. The van der Waals surface area contributed by atoms with E-state index in [-0.39, 0.29) is 12.0 Å². The lowest BCUT2D eigenvalue weighted by molar-refractivity contribution is -0.162. The predicted molar refractivity (Wildman–Crippen MR) is 109 cm³/mol. The van der Waals surface area contributed by atoms with Crippen LogP contribution in [0.3, 0.4) is 0 Å². The van der Waals surface area contributed by atoms with Crippen LogP contribution in [0, 0.1) is 18.8 Å². The number of esters is 1. The third-order valence-corrected chi connectivity index (χ3v) is 7.68. The molecule has 4 aliphatic rings. The van der Waals surface area contributed by atoms with Gasteiger partial charge < -0.3 is 14.5 Å². The van der Waals surface area contributed by atoms with Gasteiger partial charge in [-0.25, -0.2) is 0 Å². The van der Waals surface area contributed by atoms with E-state index >= 15 is 0 Å². The molecule has 0 amide bonds.